The van der Waals surface area contributed by atoms with Gasteiger partial charge in [0.2, 0.25) is 0 Å². The monoisotopic (exact) mass is 488 g/mol. The van der Waals surface area contributed by atoms with Crippen molar-refractivity contribution in [3.63, 3.8) is 0 Å². The van der Waals surface area contributed by atoms with E-state index >= 15 is 0 Å². The number of nitrogens with zero attached hydrogens (tertiary/aromatic N) is 1. The van der Waals surface area contributed by atoms with Crippen molar-refractivity contribution in [2.75, 3.05) is 5.32 Å². The van der Waals surface area contributed by atoms with E-state index in [9.17, 15) is 9.59 Å². The molecule has 3 atom stereocenters. The Morgan fingerprint density at radius 2 is 1.80 bits per heavy atom. The molecular formula is C28H28N2O4S. The molecule has 1 aliphatic carbocycles. The van der Waals surface area contributed by atoms with E-state index < -0.39 is 5.97 Å². The van der Waals surface area contributed by atoms with Crippen molar-refractivity contribution in [2.45, 2.75) is 44.1 Å². The van der Waals surface area contributed by atoms with Gasteiger partial charge >= 0.3 is 5.97 Å². The topological polar surface area (TPSA) is 82.8 Å². The highest BCUT2D eigenvalue weighted by Crippen LogP contribution is 2.42. The molecule has 1 aromatic heterocycles. The van der Waals surface area contributed by atoms with Gasteiger partial charge in [-0.3, -0.25) is 4.79 Å². The Hall–Kier alpha value is -3.45. The molecule has 1 unspecified atom stereocenters. The van der Waals surface area contributed by atoms with Gasteiger partial charge in [0.25, 0.3) is 5.91 Å². The predicted octanol–water partition coefficient (Wildman–Crippen LogP) is 6.54. The lowest BCUT2D eigenvalue weighted by Crippen LogP contribution is -2.48. The maximum atomic E-state index is 13.6. The van der Waals surface area contributed by atoms with E-state index in [1.807, 2.05) is 53.4 Å². The second-order valence-electron chi connectivity index (χ2n) is 9.12. The van der Waals surface area contributed by atoms with Crippen molar-refractivity contribution >= 4 is 35.4 Å². The number of benzene rings is 2. The summed E-state index contributed by atoms with van der Waals surface area (Å²) in [6, 6.07) is 20.4. The number of furan rings is 1. The molecule has 180 valence electrons. The van der Waals surface area contributed by atoms with Crippen LogP contribution in [0.15, 0.2) is 76.1 Å². The first kappa shape index (κ1) is 23.3. The number of carbonyl (C=O) groups excluding carboxylic acids is 1. The Labute approximate surface area is 209 Å². The SMILES string of the molecule is C[C@H]1CCCC[C@@H]1N1C(=O)/C(=C/c2ccc(-c3ccc(C(=O)O)cc3)o2)SC1Nc1ccccc1. The lowest BCUT2D eigenvalue weighted by molar-refractivity contribution is -0.129. The van der Waals surface area contributed by atoms with Gasteiger partial charge in [-0.25, -0.2) is 4.79 Å². The highest BCUT2D eigenvalue weighted by molar-refractivity contribution is 8.05. The molecule has 1 aliphatic heterocycles. The fraction of sp³-hybridized carbons (Fsp3) is 0.286. The van der Waals surface area contributed by atoms with Crippen LogP contribution < -0.4 is 5.32 Å². The summed E-state index contributed by atoms with van der Waals surface area (Å²) in [7, 11) is 0. The first-order valence-electron chi connectivity index (χ1n) is 12.0. The smallest absolute Gasteiger partial charge is 0.335 e. The van der Waals surface area contributed by atoms with Crippen molar-refractivity contribution in [2.24, 2.45) is 5.92 Å². The van der Waals surface area contributed by atoms with E-state index in [-0.39, 0.29) is 23.0 Å². The molecular weight excluding hydrogens is 460 g/mol. The quantitative estimate of drug-likeness (QED) is 0.384. The molecule has 5 rings (SSSR count). The van der Waals surface area contributed by atoms with Gasteiger partial charge in [0, 0.05) is 23.4 Å². The number of aromatic carboxylic acids is 1. The van der Waals surface area contributed by atoms with E-state index in [0.29, 0.717) is 22.3 Å². The summed E-state index contributed by atoms with van der Waals surface area (Å²) in [5.41, 5.74) is 1.81. The van der Waals surface area contributed by atoms with Crippen molar-refractivity contribution in [3.8, 4) is 11.3 Å². The molecule has 2 heterocycles. The summed E-state index contributed by atoms with van der Waals surface area (Å²) in [4.78, 5) is 27.4. The maximum absolute atomic E-state index is 13.6. The van der Waals surface area contributed by atoms with E-state index in [4.69, 9.17) is 9.52 Å². The Morgan fingerprint density at radius 1 is 1.06 bits per heavy atom. The van der Waals surface area contributed by atoms with Crippen LogP contribution in [0.4, 0.5) is 5.69 Å². The van der Waals surface area contributed by atoms with Crippen LogP contribution in [0.5, 0.6) is 0 Å². The molecule has 35 heavy (non-hydrogen) atoms. The third-order valence-electron chi connectivity index (χ3n) is 6.74. The molecule has 1 saturated heterocycles. The summed E-state index contributed by atoms with van der Waals surface area (Å²) >= 11 is 1.52. The van der Waals surface area contributed by atoms with Crippen molar-refractivity contribution in [3.05, 3.63) is 83.0 Å². The lowest BCUT2D eigenvalue weighted by atomic mass is 9.85. The van der Waals surface area contributed by atoms with E-state index in [0.717, 1.165) is 30.5 Å². The van der Waals surface area contributed by atoms with E-state index in [2.05, 4.69) is 12.2 Å². The molecule has 0 radical (unpaired) electrons. The fourth-order valence-electron chi connectivity index (χ4n) is 4.86. The summed E-state index contributed by atoms with van der Waals surface area (Å²) in [6.45, 7) is 2.25. The number of para-hydroxylation sites is 1. The number of thioether (sulfide) groups is 1. The van der Waals surface area contributed by atoms with Crippen LogP contribution in [0.25, 0.3) is 17.4 Å². The average molecular weight is 489 g/mol. The zero-order valence-corrected chi connectivity index (χ0v) is 20.3. The minimum Gasteiger partial charge on any atom is -0.478 e. The Bertz CT molecular complexity index is 1240. The number of hydrogen-bond acceptors (Lipinski definition) is 5. The van der Waals surface area contributed by atoms with Crippen LogP contribution in [0.1, 0.15) is 48.7 Å². The molecule has 2 aliphatic rings. The number of hydrogen-bond donors (Lipinski definition) is 2. The molecule has 2 N–H and O–H groups in total. The molecule has 0 bridgehead atoms. The van der Waals surface area contributed by atoms with Gasteiger partial charge in [0.05, 0.1) is 10.5 Å². The Balaban J connectivity index is 1.40. The van der Waals surface area contributed by atoms with Crippen LogP contribution in [-0.2, 0) is 4.79 Å². The number of rotatable bonds is 6. The fourth-order valence-corrected chi connectivity index (χ4v) is 6.05. The lowest BCUT2D eigenvalue weighted by Gasteiger charge is -2.39. The molecule has 7 heteroatoms. The second-order valence-corrected chi connectivity index (χ2v) is 10.2. The first-order chi connectivity index (χ1) is 17.0. The maximum Gasteiger partial charge on any atom is 0.335 e. The average Bonchev–Trinajstić information content (AvgIpc) is 3.45. The van der Waals surface area contributed by atoms with E-state index in [1.54, 1.807) is 24.3 Å². The van der Waals surface area contributed by atoms with Crippen LogP contribution in [-0.4, -0.2) is 33.4 Å². The van der Waals surface area contributed by atoms with Crippen LogP contribution in [0.3, 0.4) is 0 Å². The summed E-state index contributed by atoms with van der Waals surface area (Å²) in [6.07, 6.45) is 6.33. The summed E-state index contributed by atoms with van der Waals surface area (Å²) in [5.74, 6) is 0.743. The highest BCUT2D eigenvalue weighted by Gasteiger charge is 2.43. The van der Waals surface area contributed by atoms with Gasteiger partial charge in [-0.1, -0.05) is 61.9 Å². The number of nitrogens with one attached hydrogen (secondary N) is 1. The standard InChI is InChI=1S/C28H28N2O4S/c1-18-7-5-6-10-23(18)30-26(31)25(35-28(30)29-21-8-3-2-4-9-21)17-22-15-16-24(34-22)19-11-13-20(14-12-19)27(32)33/h2-4,8-9,11-18,23,28-29H,5-7,10H2,1H3,(H,32,33)/b25-17-/t18-,23-,28?/m0/s1. The van der Waals surface area contributed by atoms with Crippen molar-refractivity contribution in [1.29, 1.82) is 0 Å². The normalized spacial score (nSPS) is 23.6. The number of carboxylic acids is 1. The molecule has 0 spiro atoms. The zero-order chi connectivity index (χ0) is 24.4. The van der Waals surface area contributed by atoms with Gasteiger partial charge in [0.1, 0.15) is 11.5 Å². The molecule has 3 aromatic rings. The number of carboxylic acid groups (broad SMARTS) is 1. The third-order valence-corrected chi connectivity index (χ3v) is 7.86. The summed E-state index contributed by atoms with van der Waals surface area (Å²) < 4.78 is 6.01. The van der Waals surface area contributed by atoms with Gasteiger partial charge < -0.3 is 19.7 Å². The predicted molar refractivity (Wildman–Crippen MR) is 139 cm³/mol. The number of amides is 1. The van der Waals surface area contributed by atoms with Gasteiger partial charge in [-0.05, 0) is 55.2 Å². The largest absolute Gasteiger partial charge is 0.478 e. The van der Waals surface area contributed by atoms with Crippen LogP contribution in [0.2, 0.25) is 0 Å². The highest BCUT2D eigenvalue weighted by atomic mass is 32.2. The second kappa shape index (κ2) is 10.0. The molecule has 2 aromatic carbocycles. The summed E-state index contributed by atoms with van der Waals surface area (Å²) in [5, 5.41) is 12.7. The molecule has 2 fully saturated rings. The van der Waals surface area contributed by atoms with Crippen molar-refractivity contribution in [1.82, 2.24) is 4.90 Å². The van der Waals surface area contributed by atoms with Crippen LogP contribution >= 0.6 is 11.8 Å². The number of anilines is 1. The molecule has 1 saturated carbocycles. The third kappa shape index (κ3) is 5.00. The minimum atomic E-state index is -0.964. The van der Waals surface area contributed by atoms with Crippen LogP contribution in [0, 0.1) is 5.92 Å². The van der Waals surface area contributed by atoms with Gasteiger partial charge in [-0.15, -0.1) is 0 Å². The first-order valence-corrected chi connectivity index (χ1v) is 12.8. The Morgan fingerprint density at radius 3 is 2.51 bits per heavy atom. The van der Waals surface area contributed by atoms with Gasteiger partial charge in [0.15, 0.2) is 5.50 Å². The molecule has 1 amide bonds. The zero-order valence-electron chi connectivity index (χ0n) is 19.5. The Kier molecular flexibility index (Phi) is 6.68. The van der Waals surface area contributed by atoms with Crippen molar-refractivity contribution < 1.29 is 19.1 Å². The van der Waals surface area contributed by atoms with E-state index in [1.165, 1.54) is 18.2 Å². The molecule has 6 nitrogen and oxygen atoms in total. The number of carbonyl (C=O) groups is 2. The van der Waals surface area contributed by atoms with Gasteiger partial charge in [-0.2, -0.15) is 0 Å². The minimum absolute atomic E-state index is 0.0333.